The molecule has 0 aromatic heterocycles. The second-order valence-corrected chi connectivity index (χ2v) is 5.22. The summed E-state index contributed by atoms with van der Waals surface area (Å²) >= 11 is 0. The molecule has 0 heterocycles. The normalized spacial score (nSPS) is 32.5. The summed E-state index contributed by atoms with van der Waals surface area (Å²) in [5.41, 5.74) is -0.405. The van der Waals surface area contributed by atoms with Gasteiger partial charge in [0.25, 0.3) is 0 Å². The average Bonchev–Trinajstić information content (AvgIpc) is 2.55. The van der Waals surface area contributed by atoms with Crippen molar-refractivity contribution < 1.29 is 14.6 Å². The van der Waals surface area contributed by atoms with E-state index in [2.05, 4.69) is 12.2 Å². The van der Waals surface area contributed by atoms with Gasteiger partial charge in [-0.2, -0.15) is 0 Å². The largest absolute Gasteiger partial charge is 0.466 e. The van der Waals surface area contributed by atoms with Crippen molar-refractivity contribution in [1.29, 1.82) is 0 Å². The fourth-order valence-electron chi connectivity index (χ4n) is 3.00. The van der Waals surface area contributed by atoms with Crippen molar-refractivity contribution in [2.75, 3.05) is 6.61 Å². The van der Waals surface area contributed by atoms with Crippen molar-refractivity contribution in [2.24, 2.45) is 11.3 Å². The molecule has 1 aliphatic carbocycles. The van der Waals surface area contributed by atoms with Gasteiger partial charge in [-0.3, -0.25) is 4.79 Å². The number of ether oxygens (including phenoxy) is 1. The first kappa shape index (κ1) is 14.5. The first-order valence-corrected chi connectivity index (χ1v) is 6.55. The molecule has 5 heteroatoms. The molecule has 0 aromatic carbocycles. The van der Waals surface area contributed by atoms with Crippen LogP contribution in [0.15, 0.2) is 0 Å². The summed E-state index contributed by atoms with van der Waals surface area (Å²) < 4.78 is 5.18. The molecule has 17 heavy (non-hydrogen) atoms. The quantitative estimate of drug-likeness (QED) is 0.565. The Balaban J connectivity index is 2.73. The summed E-state index contributed by atoms with van der Waals surface area (Å²) in [7, 11) is -0.526. The van der Waals surface area contributed by atoms with E-state index < -0.39 is 12.5 Å². The fraction of sp³-hybridized carbons (Fsp3) is 0.917. The van der Waals surface area contributed by atoms with E-state index in [1.165, 1.54) is 0 Å². The van der Waals surface area contributed by atoms with Gasteiger partial charge >= 0.3 is 13.0 Å². The zero-order valence-corrected chi connectivity index (χ0v) is 11.3. The number of esters is 1. The third-order valence-corrected chi connectivity index (χ3v) is 3.85. The van der Waals surface area contributed by atoms with Crippen LogP contribution in [-0.2, 0) is 9.53 Å². The smallest absolute Gasteiger partial charge is 0.373 e. The second kappa shape index (κ2) is 5.87. The minimum Gasteiger partial charge on any atom is -0.466 e. The number of carbonyl (C=O) groups excluding carboxylic acids is 1. The Morgan fingerprint density at radius 3 is 2.71 bits per heavy atom. The van der Waals surface area contributed by atoms with Gasteiger partial charge in [-0.1, -0.05) is 13.3 Å². The van der Waals surface area contributed by atoms with Crippen molar-refractivity contribution in [1.82, 2.24) is 5.23 Å². The van der Waals surface area contributed by atoms with Crippen molar-refractivity contribution >= 4 is 13.0 Å². The van der Waals surface area contributed by atoms with Gasteiger partial charge in [0.05, 0.1) is 12.0 Å². The van der Waals surface area contributed by atoms with Gasteiger partial charge in [0.15, 0.2) is 0 Å². The average molecular weight is 241 g/mol. The number of rotatable bonds is 5. The van der Waals surface area contributed by atoms with E-state index in [0.717, 1.165) is 19.3 Å². The van der Waals surface area contributed by atoms with Crippen LogP contribution in [0.1, 0.15) is 40.0 Å². The first-order chi connectivity index (χ1) is 7.93. The summed E-state index contributed by atoms with van der Waals surface area (Å²) in [5.74, 6) is 0.236. The molecule has 3 atom stereocenters. The molecule has 1 saturated carbocycles. The van der Waals surface area contributed by atoms with Crippen LogP contribution in [0.5, 0.6) is 0 Å². The van der Waals surface area contributed by atoms with Crippen molar-refractivity contribution in [3.05, 3.63) is 0 Å². The summed E-state index contributed by atoms with van der Waals surface area (Å²) in [4.78, 5) is 12.1. The third kappa shape index (κ3) is 3.22. The van der Waals surface area contributed by atoms with E-state index in [1.807, 2.05) is 13.8 Å². The molecule has 4 nitrogen and oxygen atoms in total. The Kier molecular flexibility index (Phi) is 5.01. The van der Waals surface area contributed by atoms with Crippen LogP contribution in [0.3, 0.4) is 0 Å². The molecule has 1 aliphatic rings. The number of nitrogens with one attached hydrogen (secondary N) is 1. The molecule has 0 saturated heterocycles. The van der Waals surface area contributed by atoms with Crippen LogP contribution in [0.25, 0.3) is 0 Å². The van der Waals surface area contributed by atoms with Crippen LogP contribution in [-0.4, -0.2) is 30.7 Å². The van der Waals surface area contributed by atoms with Crippen molar-refractivity contribution in [3.63, 3.8) is 0 Å². The maximum atomic E-state index is 12.1. The lowest BCUT2D eigenvalue weighted by Crippen LogP contribution is -2.40. The van der Waals surface area contributed by atoms with Gasteiger partial charge in [-0.15, -0.1) is 0 Å². The van der Waals surface area contributed by atoms with Gasteiger partial charge in [-0.05, 0) is 45.5 Å². The highest BCUT2D eigenvalue weighted by Crippen LogP contribution is 2.45. The Bertz CT molecular complexity index is 272. The summed E-state index contributed by atoms with van der Waals surface area (Å²) in [6.45, 7) is 8.07. The molecule has 0 bridgehead atoms. The summed E-state index contributed by atoms with van der Waals surface area (Å²) in [5, 5.41) is 12.5. The van der Waals surface area contributed by atoms with E-state index in [1.54, 1.807) is 6.82 Å². The molecule has 0 aromatic rings. The molecular weight excluding hydrogens is 217 g/mol. The van der Waals surface area contributed by atoms with Gasteiger partial charge in [-0.25, -0.2) is 0 Å². The molecule has 1 rings (SSSR count). The van der Waals surface area contributed by atoms with E-state index in [9.17, 15) is 9.82 Å². The van der Waals surface area contributed by atoms with Gasteiger partial charge in [0.2, 0.25) is 0 Å². The predicted octanol–water partition coefficient (Wildman–Crippen LogP) is 1.44. The lowest BCUT2D eigenvalue weighted by atomic mass is 9.78. The van der Waals surface area contributed by atoms with Crippen molar-refractivity contribution in [2.45, 2.75) is 52.9 Å². The van der Waals surface area contributed by atoms with Crippen molar-refractivity contribution in [3.8, 4) is 0 Å². The van der Waals surface area contributed by atoms with Crippen LogP contribution >= 0.6 is 0 Å². The Hall–Kier alpha value is -0.545. The molecule has 98 valence electrons. The van der Waals surface area contributed by atoms with E-state index in [4.69, 9.17) is 4.74 Å². The highest BCUT2D eigenvalue weighted by Gasteiger charge is 2.49. The predicted molar refractivity (Wildman–Crippen MR) is 68.5 cm³/mol. The minimum atomic E-state index is -0.526. The first-order valence-electron chi connectivity index (χ1n) is 6.55. The molecule has 1 unspecified atom stereocenters. The molecule has 0 radical (unpaired) electrons. The molecule has 1 fully saturated rings. The summed E-state index contributed by atoms with van der Waals surface area (Å²) in [6, 6.07) is 0.203. The van der Waals surface area contributed by atoms with Gasteiger partial charge in [0.1, 0.15) is 0 Å². The number of hydrogen-bond donors (Lipinski definition) is 2. The maximum absolute atomic E-state index is 12.1. The topological polar surface area (TPSA) is 58.6 Å². The molecule has 0 amide bonds. The highest BCUT2D eigenvalue weighted by atomic mass is 16.5. The number of carbonyl (C=O) groups is 1. The van der Waals surface area contributed by atoms with Crippen LogP contribution in [0, 0.1) is 11.3 Å². The zero-order chi connectivity index (χ0) is 13.1. The summed E-state index contributed by atoms with van der Waals surface area (Å²) in [6.07, 6.45) is 2.64. The Morgan fingerprint density at radius 1 is 1.59 bits per heavy atom. The van der Waals surface area contributed by atoms with Gasteiger partial charge < -0.3 is 15.0 Å². The monoisotopic (exact) mass is 241 g/mol. The Morgan fingerprint density at radius 2 is 2.24 bits per heavy atom. The maximum Gasteiger partial charge on any atom is 0.373 e. The second-order valence-electron chi connectivity index (χ2n) is 5.22. The van der Waals surface area contributed by atoms with Crippen LogP contribution < -0.4 is 5.23 Å². The fourth-order valence-corrected chi connectivity index (χ4v) is 3.00. The van der Waals surface area contributed by atoms with Crippen LogP contribution in [0.4, 0.5) is 0 Å². The molecule has 0 spiro atoms. The minimum absolute atomic E-state index is 0.0956. The Labute approximate surface area is 104 Å². The molecule has 2 N–H and O–H groups in total. The molecular formula is C12H24BNO3. The van der Waals surface area contributed by atoms with E-state index >= 15 is 0 Å². The van der Waals surface area contributed by atoms with Crippen LogP contribution in [0.2, 0.25) is 6.82 Å². The van der Waals surface area contributed by atoms with Gasteiger partial charge in [0, 0.05) is 0 Å². The highest BCUT2D eigenvalue weighted by molar-refractivity contribution is 6.45. The zero-order valence-electron chi connectivity index (χ0n) is 11.3. The third-order valence-electron chi connectivity index (χ3n) is 3.85. The SMILES string of the molecule is CCOC(=O)[C@]1(C)CC(NB(C)O)C[C@H]1CC. The van der Waals surface area contributed by atoms with E-state index in [0.29, 0.717) is 12.5 Å². The van der Waals surface area contributed by atoms with E-state index in [-0.39, 0.29) is 12.0 Å². The number of hydrogen-bond acceptors (Lipinski definition) is 4. The lowest BCUT2D eigenvalue weighted by Gasteiger charge is -2.28. The molecule has 0 aliphatic heterocycles. The lowest BCUT2D eigenvalue weighted by molar-refractivity contribution is -0.156. The standard InChI is InChI=1S/C12H24BNO3/c1-5-9-7-10(14-13(4)16)8-12(9,3)11(15)17-6-2/h9-10,14,16H,5-8H2,1-4H3/t9-,10?,12-/m1/s1.